The first kappa shape index (κ1) is 13.3. The SMILES string of the molecule is CCOc1cccc(NCCNc2ccccc2)c1. The number of benzene rings is 2. The van der Waals surface area contributed by atoms with Crippen molar-refractivity contribution in [2.24, 2.45) is 0 Å². The summed E-state index contributed by atoms with van der Waals surface area (Å²) in [6.45, 7) is 4.43. The molecule has 3 heteroatoms. The molecule has 0 aliphatic rings. The van der Waals surface area contributed by atoms with E-state index >= 15 is 0 Å². The lowest BCUT2D eigenvalue weighted by molar-refractivity contribution is 0.340. The van der Waals surface area contributed by atoms with Gasteiger partial charge in [-0.15, -0.1) is 0 Å². The van der Waals surface area contributed by atoms with Crippen LogP contribution in [-0.2, 0) is 0 Å². The van der Waals surface area contributed by atoms with Gasteiger partial charge < -0.3 is 15.4 Å². The maximum Gasteiger partial charge on any atom is 0.121 e. The third-order valence-corrected chi connectivity index (χ3v) is 2.70. The van der Waals surface area contributed by atoms with E-state index in [1.165, 1.54) is 0 Å². The Hall–Kier alpha value is -2.16. The number of hydrogen-bond acceptors (Lipinski definition) is 3. The molecular weight excluding hydrogens is 236 g/mol. The summed E-state index contributed by atoms with van der Waals surface area (Å²) >= 11 is 0. The van der Waals surface area contributed by atoms with E-state index < -0.39 is 0 Å². The maximum absolute atomic E-state index is 5.47. The second-order valence-corrected chi connectivity index (χ2v) is 4.18. The van der Waals surface area contributed by atoms with Crippen LogP contribution in [0.2, 0.25) is 0 Å². The number of ether oxygens (including phenoxy) is 1. The Morgan fingerprint density at radius 1 is 0.842 bits per heavy atom. The average molecular weight is 256 g/mol. The first-order chi connectivity index (χ1) is 9.38. The van der Waals surface area contributed by atoms with Crippen molar-refractivity contribution in [1.82, 2.24) is 0 Å². The molecule has 0 saturated heterocycles. The fourth-order valence-electron chi connectivity index (χ4n) is 1.83. The van der Waals surface area contributed by atoms with Gasteiger partial charge in [0.25, 0.3) is 0 Å². The quantitative estimate of drug-likeness (QED) is 0.742. The van der Waals surface area contributed by atoms with E-state index in [2.05, 4.69) is 22.8 Å². The number of rotatable bonds is 7. The molecule has 2 aromatic carbocycles. The third-order valence-electron chi connectivity index (χ3n) is 2.70. The second-order valence-electron chi connectivity index (χ2n) is 4.18. The molecule has 2 rings (SSSR count). The minimum atomic E-state index is 0.693. The lowest BCUT2D eigenvalue weighted by Crippen LogP contribution is -2.13. The van der Waals surface area contributed by atoms with Gasteiger partial charge in [-0.05, 0) is 31.2 Å². The molecule has 0 unspecified atom stereocenters. The zero-order valence-corrected chi connectivity index (χ0v) is 11.2. The van der Waals surface area contributed by atoms with Crippen LogP contribution in [0.4, 0.5) is 11.4 Å². The van der Waals surface area contributed by atoms with Crippen LogP contribution in [0.25, 0.3) is 0 Å². The molecule has 100 valence electrons. The van der Waals surface area contributed by atoms with Gasteiger partial charge >= 0.3 is 0 Å². The molecule has 19 heavy (non-hydrogen) atoms. The summed E-state index contributed by atoms with van der Waals surface area (Å²) < 4.78 is 5.47. The summed E-state index contributed by atoms with van der Waals surface area (Å²) in [4.78, 5) is 0. The van der Waals surface area contributed by atoms with E-state index in [9.17, 15) is 0 Å². The normalized spacial score (nSPS) is 9.95. The van der Waals surface area contributed by atoms with Crippen LogP contribution in [0.5, 0.6) is 5.75 Å². The molecule has 0 amide bonds. The highest BCUT2D eigenvalue weighted by molar-refractivity contribution is 5.48. The second kappa shape index (κ2) is 7.31. The molecule has 0 spiro atoms. The smallest absolute Gasteiger partial charge is 0.121 e. The monoisotopic (exact) mass is 256 g/mol. The molecular formula is C16H20N2O. The van der Waals surface area contributed by atoms with E-state index in [-0.39, 0.29) is 0 Å². The number of nitrogens with one attached hydrogen (secondary N) is 2. The van der Waals surface area contributed by atoms with Gasteiger partial charge in [0.1, 0.15) is 5.75 Å². The Morgan fingerprint density at radius 2 is 1.53 bits per heavy atom. The highest BCUT2D eigenvalue weighted by Gasteiger charge is 1.95. The summed E-state index contributed by atoms with van der Waals surface area (Å²) in [5.74, 6) is 0.906. The van der Waals surface area contributed by atoms with Crippen LogP contribution in [0.1, 0.15) is 6.92 Å². The predicted octanol–water partition coefficient (Wildman–Crippen LogP) is 3.61. The summed E-state index contributed by atoms with van der Waals surface area (Å²) in [5.41, 5.74) is 2.23. The first-order valence-corrected chi connectivity index (χ1v) is 6.64. The molecule has 0 fully saturated rings. The van der Waals surface area contributed by atoms with E-state index in [4.69, 9.17) is 4.74 Å². The minimum Gasteiger partial charge on any atom is -0.494 e. The van der Waals surface area contributed by atoms with Gasteiger partial charge in [-0.1, -0.05) is 24.3 Å². The van der Waals surface area contributed by atoms with Crippen molar-refractivity contribution in [2.75, 3.05) is 30.3 Å². The zero-order valence-electron chi connectivity index (χ0n) is 11.2. The highest BCUT2D eigenvalue weighted by Crippen LogP contribution is 2.16. The van der Waals surface area contributed by atoms with Crippen molar-refractivity contribution < 1.29 is 4.74 Å². The van der Waals surface area contributed by atoms with Crippen LogP contribution >= 0.6 is 0 Å². The predicted molar refractivity (Wildman–Crippen MR) is 81.0 cm³/mol. The van der Waals surface area contributed by atoms with Crippen LogP contribution < -0.4 is 15.4 Å². The van der Waals surface area contributed by atoms with Crippen LogP contribution in [0.15, 0.2) is 54.6 Å². The van der Waals surface area contributed by atoms with Crippen molar-refractivity contribution in [3.8, 4) is 5.75 Å². The molecule has 0 atom stereocenters. The summed E-state index contributed by atoms with van der Waals surface area (Å²) in [6, 6.07) is 18.2. The van der Waals surface area contributed by atoms with Gasteiger partial charge in [-0.25, -0.2) is 0 Å². The Kier molecular flexibility index (Phi) is 5.11. The van der Waals surface area contributed by atoms with Crippen LogP contribution in [0, 0.1) is 0 Å². The Labute approximate surface area is 114 Å². The molecule has 0 saturated carbocycles. The van der Waals surface area contributed by atoms with Crippen LogP contribution in [0.3, 0.4) is 0 Å². The molecule has 2 aromatic rings. The van der Waals surface area contributed by atoms with Gasteiger partial charge in [0, 0.05) is 30.5 Å². The molecule has 3 nitrogen and oxygen atoms in total. The largest absolute Gasteiger partial charge is 0.494 e. The number of anilines is 2. The topological polar surface area (TPSA) is 33.3 Å². The molecule has 0 heterocycles. The lowest BCUT2D eigenvalue weighted by Gasteiger charge is -2.10. The van der Waals surface area contributed by atoms with Crippen molar-refractivity contribution in [1.29, 1.82) is 0 Å². The highest BCUT2D eigenvalue weighted by atomic mass is 16.5. The Morgan fingerprint density at radius 3 is 2.26 bits per heavy atom. The number of hydrogen-bond donors (Lipinski definition) is 2. The molecule has 0 radical (unpaired) electrons. The molecule has 0 aliphatic carbocycles. The Bertz CT molecular complexity index is 485. The van der Waals surface area contributed by atoms with E-state index in [1.54, 1.807) is 0 Å². The molecule has 0 aliphatic heterocycles. The van der Waals surface area contributed by atoms with Crippen LogP contribution in [-0.4, -0.2) is 19.7 Å². The van der Waals surface area contributed by atoms with Crippen molar-refractivity contribution in [2.45, 2.75) is 6.92 Å². The van der Waals surface area contributed by atoms with Gasteiger partial charge in [-0.3, -0.25) is 0 Å². The molecule has 0 bridgehead atoms. The summed E-state index contributed by atoms with van der Waals surface area (Å²) in [5, 5.41) is 6.73. The van der Waals surface area contributed by atoms with E-state index in [1.807, 2.05) is 49.4 Å². The molecule has 0 aromatic heterocycles. The van der Waals surface area contributed by atoms with E-state index in [0.29, 0.717) is 6.61 Å². The fraction of sp³-hybridized carbons (Fsp3) is 0.250. The molecule has 2 N–H and O–H groups in total. The third kappa shape index (κ3) is 4.54. The van der Waals surface area contributed by atoms with Gasteiger partial charge in [-0.2, -0.15) is 0 Å². The Balaban J connectivity index is 1.75. The fourth-order valence-corrected chi connectivity index (χ4v) is 1.83. The van der Waals surface area contributed by atoms with Crippen molar-refractivity contribution in [3.63, 3.8) is 0 Å². The lowest BCUT2D eigenvalue weighted by atomic mass is 10.3. The van der Waals surface area contributed by atoms with Crippen molar-refractivity contribution in [3.05, 3.63) is 54.6 Å². The first-order valence-electron chi connectivity index (χ1n) is 6.64. The van der Waals surface area contributed by atoms with Crippen molar-refractivity contribution >= 4 is 11.4 Å². The summed E-state index contributed by atoms with van der Waals surface area (Å²) in [7, 11) is 0. The zero-order chi connectivity index (χ0) is 13.3. The number of para-hydroxylation sites is 1. The minimum absolute atomic E-state index is 0.693. The maximum atomic E-state index is 5.47. The standard InChI is InChI=1S/C16H20N2O/c1-2-19-16-10-6-9-15(13-16)18-12-11-17-14-7-4-3-5-8-14/h3-10,13,17-18H,2,11-12H2,1H3. The average Bonchev–Trinajstić information content (AvgIpc) is 2.46. The summed E-state index contributed by atoms with van der Waals surface area (Å²) in [6.07, 6.45) is 0. The van der Waals surface area contributed by atoms with Gasteiger partial charge in [0.15, 0.2) is 0 Å². The van der Waals surface area contributed by atoms with Gasteiger partial charge in [0.2, 0.25) is 0 Å². The van der Waals surface area contributed by atoms with Gasteiger partial charge in [0.05, 0.1) is 6.61 Å². The van der Waals surface area contributed by atoms with E-state index in [0.717, 1.165) is 30.2 Å².